The summed E-state index contributed by atoms with van der Waals surface area (Å²) in [6.45, 7) is 0. The standard InChI is InChI=1S/C6H8N4S/c7-6(8)10-9-3-5-1-2-11-4-5/h1-4H,(H4,7,8,10)/b9-3+. The molecule has 0 spiro atoms. The lowest BCUT2D eigenvalue weighted by atomic mass is 10.4. The second kappa shape index (κ2) is 3.72. The summed E-state index contributed by atoms with van der Waals surface area (Å²) in [5.74, 6) is -0.0310. The summed E-state index contributed by atoms with van der Waals surface area (Å²) >= 11 is 1.60. The van der Waals surface area contributed by atoms with Gasteiger partial charge in [-0.1, -0.05) is 0 Å². The number of hydrogen-bond acceptors (Lipinski definition) is 3. The summed E-state index contributed by atoms with van der Waals surface area (Å²) < 4.78 is 0. The molecule has 4 N–H and O–H groups in total. The smallest absolute Gasteiger partial charge is 0.211 e. The van der Waals surface area contributed by atoms with Crippen LogP contribution in [0.5, 0.6) is 0 Å². The maximum atomic E-state index is 5.05. The third-order valence-electron chi connectivity index (χ3n) is 0.923. The molecule has 1 rings (SSSR count). The molecule has 0 aliphatic heterocycles. The van der Waals surface area contributed by atoms with E-state index in [1.165, 1.54) is 0 Å². The van der Waals surface area contributed by atoms with E-state index in [1.54, 1.807) is 17.6 Å². The first-order valence-electron chi connectivity index (χ1n) is 2.93. The van der Waals surface area contributed by atoms with E-state index in [0.717, 1.165) is 5.56 Å². The van der Waals surface area contributed by atoms with Gasteiger partial charge in [0.2, 0.25) is 5.96 Å². The van der Waals surface area contributed by atoms with Crippen LogP contribution >= 0.6 is 11.3 Å². The van der Waals surface area contributed by atoms with E-state index in [4.69, 9.17) is 11.5 Å². The molecule has 1 aromatic rings. The van der Waals surface area contributed by atoms with Gasteiger partial charge >= 0.3 is 0 Å². The van der Waals surface area contributed by atoms with E-state index in [-0.39, 0.29) is 5.96 Å². The first-order chi connectivity index (χ1) is 5.29. The van der Waals surface area contributed by atoms with Crippen molar-refractivity contribution in [2.24, 2.45) is 21.7 Å². The lowest BCUT2D eigenvalue weighted by Crippen LogP contribution is -2.21. The second-order valence-corrected chi connectivity index (χ2v) is 2.61. The van der Waals surface area contributed by atoms with Crippen molar-refractivity contribution >= 4 is 23.5 Å². The topological polar surface area (TPSA) is 76.8 Å². The lowest BCUT2D eigenvalue weighted by Gasteiger charge is -1.82. The monoisotopic (exact) mass is 168 g/mol. The Labute approximate surface area is 68.2 Å². The van der Waals surface area contributed by atoms with Crippen LogP contribution in [0.25, 0.3) is 0 Å². The fourth-order valence-corrected chi connectivity index (χ4v) is 1.12. The van der Waals surface area contributed by atoms with E-state index in [9.17, 15) is 0 Å². The molecule has 0 unspecified atom stereocenters. The summed E-state index contributed by atoms with van der Waals surface area (Å²) in [6, 6.07) is 1.93. The Balaban J connectivity index is 2.56. The predicted molar refractivity (Wildman–Crippen MR) is 47.7 cm³/mol. The highest BCUT2D eigenvalue weighted by Crippen LogP contribution is 2.02. The normalized spacial score (nSPS) is 10.2. The zero-order valence-electron chi connectivity index (χ0n) is 5.77. The summed E-state index contributed by atoms with van der Waals surface area (Å²) in [5.41, 5.74) is 11.1. The minimum Gasteiger partial charge on any atom is -0.369 e. The predicted octanol–water partition coefficient (Wildman–Crippen LogP) is 0.355. The molecule has 5 heteroatoms. The number of rotatable bonds is 2. The molecule has 0 atom stereocenters. The van der Waals surface area contributed by atoms with Crippen molar-refractivity contribution in [2.75, 3.05) is 0 Å². The molecule has 1 aromatic heterocycles. The van der Waals surface area contributed by atoms with Crippen LogP contribution < -0.4 is 11.5 Å². The van der Waals surface area contributed by atoms with Gasteiger partial charge in [-0.05, 0) is 16.8 Å². The molecule has 0 saturated heterocycles. The van der Waals surface area contributed by atoms with Crippen molar-refractivity contribution in [1.29, 1.82) is 0 Å². The van der Waals surface area contributed by atoms with Crippen molar-refractivity contribution < 1.29 is 0 Å². The van der Waals surface area contributed by atoms with Crippen LogP contribution in [0.4, 0.5) is 0 Å². The molecule has 1 heterocycles. The maximum Gasteiger partial charge on any atom is 0.211 e. The summed E-state index contributed by atoms with van der Waals surface area (Å²) in [4.78, 5) is 0. The van der Waals surface area contributed by atoms with Gasteiger partial charge in [-0.15, -0.1) is 5.10 Å². The van der Waals surface area contributed by atoms with Gasteiger partial charge in [0.1, 0.15) is 0 Å². The molecule has 0 bridgehead atoms. The molecule has 0 fully saturated rings. The summed E-state index contributed by atoms with van der Waals surface area (Å²) in [5, 5.41) is 11.0. The van der Waals surface area contributed by atoms with Gasteiger partial charge in [-0.25, -0.2) is 0 Å². The van der Waals surface area contributed by atoms with Crippen molar-refractivity contribution in [2.45, 2.75) is 0 Å². The number of hydrogen-bond donors (Lipinski definition) is 2. The van der Waals surface area contributed by atoms with Gasteiger partial charge in [0.15, 0.2) is 0 Å². The molecule has 0 amide bonds. The maximum absolute atomic E-state index is 5.05. The fourth-order valence-electron chi connectivity index (χ4n) is 0.511. The quantitative estimate of drug-likeness (QED) is 0.380. The summed E-state index contributed by atoms with van der Waals surface area (Å²) in [6.07, 6.45) is 1.59. The Morgan fingerprint density at radius 1 is 1.55 bits per heavy atom. The van der Waals surface area contributed by atoms with Crippen LogP contribution in [-0.2, 0) is 0 Å². The molecule has 0 aliphatic carbocycles. The number of nitrogens with two attached hydrogens (primary N) is 2. The second-order valence-electron chi connectivity index (χ2n) is 1.83. The molecular formula is C6H8N4S. The first-order valence-corrected chi connectivity index (χ1v) is 3.87. The molecule has 0 radical (unpaired) electrons. The van der Waals surface area contributed by atoms with Gasteiger partial charge < -0.3 is 11.5 Å². The molecule has 0 aliphatic rings. The minimum atomic E-state index is -0.0310. The zero-order chi connectivity index (χ0) is 8.10. The van der Waals surface area contributed by atoms with Crippen LogP contribution in [0.2, 0.25) is 0 Å². The van der Waals surface area contributed by atoms with Crippen molar-refractivity contribution in [1.82, 2.24) is 0 Å². The third-order valence-corrected chi connectivity index (χ3v) is 1.62. The number of guanidine groups is 1. The Morgan fingerprint density at radius 2 is 2.36 bits per heavy atom. The Morgan fingerprint density at radius 3 is 2.91 bits per heavy atom. The average molecular weight is 168 g/mol. The van der Waals surface area contributed by atoms with Gasteiger partial charge in [0, 0.05) is 5.56 Å². The van der Waals surface area contributed by atoms with Crippen LogP contribution in [0.1, 0.15) is 5.56 Å². The van der Waals surface area contributed by atoms with Crippen LogP contribution in [-0.4, -0.2) is 12.2 Å². The van der Waals surface area contributed by atoms with E-state index >= 15 is 0 Å². The average Bonchev–Trinajstić information content (AvgIpc) is 2.39. The third kappa shape index (κ3) is 2.81. The zero-order valence-corrected chi connectivity index (χ0v) is 6.58. The highest BCUT2D eigenvalue weighted by Gasteiger charge is 1.83. The van der Waals surface area contributed by atoms with Crippen molar-refractivity contribution in [3.05, 3.63) is 22.4 Å². The highest BCUT2D eigenvalue weighted by molar-refractivity contribution is 7.08. The van der Waals surface area contributed by atoms with Gasteiger partial charge in [0.05, 0.1) is 6.21 Å². The minimum absolute atomic E-state index is 0.0310. The lowest BCUT2D eigenvalue weighted by molar-refractivity contribution is 1.22. The molecular weight excluding hydrogens is 160 g/mol. The number of nitrogens with zero attached hydrogens (tertiary/aromatic N) is 2. The Bertz CT molecular complexity index is 258. The largest absolute Gasteiger partial charge is 0.369 e. The Hall–Kier alpha value is -1.36. The van der Waals surface area contributed by atoms with E-state index in [2.05, 4.69) is 10.2 Å². The van der Waals surface area contributed by atoms with Gasteiger partial charge in [-0.3, -0.25) is 0 Å². The molecule has 58 valence electrons. The van der Waals surface area contributed by atoms with Crippen molar-refractivity contribution in [3.63, 3.8) is 0 Å². The van der Waals surface area contributed by atoms with Crippen LogP contribution in [0.15, 0.2) is 27.0 Å². The number of thiophene rings is 1. The highest BCUT2D eigenvalue weighted by atomic mass is 32.1. The molecule has 0 aromatic carbocycles. The van der Waals surface area contributed by atoms with Gasteiger partial charge in [0.25, 0.3) is 0 Å². The fraction of sp³-hybridized carbons (Fsp3) is 0. The SMILES string of the molecule is NC(N)=N/N=C/c1ccsc1. The molecule has 4 nitrogen and oxygen atoms in total. The Kier molecular flexibility index (Phi) is 2.62. The van der Waals surface area contributed by atoms with Crippen LogP contribution in [0.3, 0.4) is 0 Å². The van der Waals surface area contributed by atoms with E-state index in [1.807, 2.05) is 16.8 Å². The molecule has 11 heavy (non-hydrogen) atoms. The van der Waals surface area contributed by atoms with Crippen molar-refractivity contribution in [3.8, 4) is 0 Å². The summed E-state index contributed by atoms with van der Waals surface area (Å²) in [7, 11) is 0. The van der Waals surface area contributed by atoms with E-state index < -0.39 is 0 Å². The van der Waals surface area contributed by atoms with Gasteiger partial charge in [-0.2, -0.15) is 16.4 Å². The van der Waals surface area contributed by atoms with E-state index in [0.29, 0.717) is 0 Å². The molecule has 0 saturated carbocycles. The first kappa shape index (κ1) is 7.74. The van der Waals surface area contributed by atoms with Crippen LogP contribution in [0, 0.1) is 0 Å².